The highest BCUT2D eigenvalue weighted by atomic mass is 32.2. The Morgan fingerprint density at radius 2 is 1.90 bits per heavy atom. The van der Waals surface area contributed by atoms with Gasteiger partial charge >= 0.3 is 6.55 Å². The number of methoxy groups -OCH3 is 1. The Labute approximate surface area is 171 Å². The number of carbonyl (C=O) groups is 1. The zero-order valence-corrected chi connectivity index (χ0v) is 16.5. The van der Waals surface area contributed by atoms with E-state index < -0.39 is 28.4 Å². The first-order chi connectivity index (χ1) is 14.1. The van der Waals surface area contributed by atoms with E-state index in [0.717, 1.165) is 12.4 Å². The van der Waals surface area contributed by atoms with Gasteiger partial charge in [0.25, 0.3) is 0 Å². The number of para-hydroxylation sites is 1. The predicted molar refractivity (Wildman–Crippen MR) is 104 cm³/mol. The van der Waals surface area contributed by atoms with E-state index in [-0.39, 0.29) is 21.6 Å². The molecular weight excluding hydrogens is 418 g/mol. The first-order valence-electron chi connectivity index (χ1n) is 8.55. The number of rotatable bonds is 7. The molecule has 0 aliphatic heterocycles. The van der Waals surface area contributed by atoms with E-state index in [2.05, 4.69) is 5.10 Å². The number of hydrogen-bond donors (Lipinski definition) is 2. The van der Waals surface area contributed by atoms with Gasteiger partial charge in [-0.3, -0.25) is 4.79 Å². The number of halogens is 2. The van der Waals surface area contributed by atoms with Gasteiger partial charge in [0.2, 0.25) is 15.9 Å². The van der Waals surface area contributed by atoms with Crippen molar-refractivity contribution in [3.8, 4) is 16.9 Å². The Hall–Kier alpha value is -3.31. The molecule has 0 fully saturated rings. The SMILES string of the molecule is COc1ccccc1C(C(N)=O)c1ccc(-c2cnn(C(F)F)c2)c(S(N)(=O)=O)c1. The molecular formula is C19H18F2N4O4S. The van der Waals surface area contributed by atoms with Crippen molar-refractivity contribution in [3.05, 3.63) is 66.0 Å². The van der Waals surface area contributed by atoms with Crippen molar-refractivity contribution < 1.29 is 26.7 Å². The molecule has 30 heavy (non-hydrogen) atoms. The quantitative estimate of drug-likeness (QED) is 0.586. The fraction of sp³-hybridized carbons (Fsp3) is 0.158. The zero-order valence-electron chi connectivity index (χ0n) is 15.7. The average Bonchev–Trinajstić information content (AvgIpc) is 3.18. The minimum absolute atomic E-state index is 0.0661. The van der Waals surface area contributed by atoms with E-state index >= 15 is 0 Å². The second-order valence-electron chi connectivity index (χ2n) is 6.36. The first kappa shape index (κ1) is 21.4. The summed E-state index contributed by atoms with van der Waals surface area (Å²) in [5.74, 6) is -1.38. The van der Waals surface area contributed by atoms with Crippen LogP contribution in [0.5, 0.6) is 5.75 Å². The highest BCUT2D eigenvalue weighted by Crippen LogP contribution is 2.35. The highest BCUT2D eigenvalue weighted by molar-refractivity contribution is 7.89. The van der Waals surface area contributed by atoms with Gasteiger partial charge in [0.05, 0.1) is 24.1 Å². The number of nitrogens with two attached hydrogens (primary N) is 2. The molecule has 0 spiro atoms. The van der Waals surface area contributed by atoms with Gasteiger partial charge in [-0.1, -0.05) is 30.3 Å². The van der Waals surface area contributed by atoms with Crippen LogP contribution in [-0.2, 0) is 14.8 Å². The molecule has 4 N–H and O–H groups in total. The summed E-state index contributed by atoms with van der Waals surface area (Å²) in [4.78, 5) is 11.9. The highest BCUT2D eigenvalue weighted by Gasteiger charge is 2.27. The third-order valence-electron chi connectivity index (χ3n) is 4.49. The molecule has 3 rings (SSSR count). The van der Waals surface area contributed by atoms with Gasteiger partial charge in [-0.2, -0.15) is 13.9 Å². The molecule has 11 heteroatoms. The van der Waals surface area contributed by atoms with Gasteiger partial charge in [-0.25, -0.2) is 18.2 Å². The average molecular weight is 436 g/mol. The number of benzene rings is 2. The third kappa shape index (κ3) is 4.16. The summed E-state index contributed by atoms with van der Waals surface area (Å²) in [5, 5.41) is 8.87. The fourth-order valence-corrected chi connectivity index (χ4v) is 3.97. The maximum Gasteiger partial charge on any atom is 0.333 e. The lowest BCUT2D eigenvalue weighted by molar-refractivity contribution is -0.118. The standard InChI is InChI=1S/C19H18F2N4O4S/c1-29-15-5-3-2-4-14(15)17(18(22)26)11-6-7-13(16(8-11)30(23,27)28)12-9-24-25(10-12)19(20)21/h2-10,17,19H,1H3,(H2,22,26)(H2,23,27,28). The van der Waals surface area contributed by atoms with Crippen LogP contribution in [0.1, 0.15) is 23.6 Å². The van der Waals surface area contributed by atoms with E-state index in [0.29, 0.717) is 16.0 Å². The molecule has 1 amide bonds. The molecule has 0 saturated carbocycles. The number of carbonyl (C=O) groups excluding carboxylic acids is 1. The van der Waals surface area contributed by atoms with Crippen LogP contribution in [0.2, 0.25) is 0 Å². The molecule has 0 aliphatic rings. The second kappa shape index (κ2) is 8.20. The van der Waals surface area contributed by atoms with E-state index in [9.17, 15) is 22.0 Å². The molecule has 1 atom stereocenters. The molecule has 1 heterocycles. The maximum atomic E-state index is 12.8. The molecule has 0 saturated heterocycles. The maximum absolute atomic E-state index is 12.8. The summed E-state index contributed by atoms with van der Waals surface area (Å²) in [6, 6.07) is 10.7. The van der Waals surface area contributed by atoms with E-state index in [1.54, 1.807) is 24.3 Å². The van der Waals surface area contributed by atoms with Crippen LogP contribution in [0.3, 0.4) is 0 Å². The summed E-state index contributed by atoms with van der Waals surface area (Å²) in [5.41, 5.74) is 6.47. The number of nitrogens with zero attached hydrogens (tertiary/aromatic N) is 2. The first-order valence-corrected chi connectivity index (χ1v) is 10.1. The fourth-order valence-electron chi connectivity index (χ4n) is 3.18. The Kier molecular flexibility index (Phi) is 5.85. The normalized spacial score (nSPS) is 12.7. The Balaban J connectivity index is 2.20. The molecule has 1 aromatic heterocycles. The van der Waals surface area contributed by atoms with Crippen LogP contribution in [0.4, 0.5) is 8.78 Å². The van der Waals surface area contributed by atoms with Crippen molar-refractivity contribution in [3.63, 3.8) is 0 Å². The molecule has 0 bridgehead atoms. The summed E-state index contributed by atoms with van der Waals surface area (Å²) < 4.78 is 55.8. The summed E-state index contributed by atoms with van der Waals surface area (Å²) >= 11 is 0. The topological polar surface area (TPSA) is 130 Å². The third-order valence-corrected chi connectivity index (χ3v) is 5.44. The number of sulfonamides is 1. The molecule has 8 nitrogen and oxygen atoms in total. The van der Waals surface area contributed by atoms with Crippen LogP contribution in [0, 0.1) is 0 Å². The molecule has 3 aromatic rings. The summed E-state index contributed by atoms with van der Waals surface area (Å²) in [7, 11) is -2.85. The Morgan fingerprint density at radius 3 is 2.47 bits per heavy atom. The summed E-state index contributed by atoms with van der Waals surface area (Å²) in [6.07, 6.45) is 2.10. The molecule has 0 radical (unpaired) electrons. The van der Waals surface area contributed by atoms with Gasteiger partial charge < -0.3 is 10.5 Å². The lowest BCUT2D eigenvalue weighted by Gasteiger charge is -2.19. The van der Waals surface area contributed by atoms with Crippen molar-refractivity contribution in [1.29, 1.82) is 0 Å². The van der Waals surface area contributed by atoms with Crippen LogP contribution in [0.15, 0.2) is 59.8 Å². The Bertz CT molecular complexity index is 1190. The van der Waals surface area contributed by atoms with Gasteiger partial charge in [0.1, 0.15) is 5.75 Å². The van der Waals surface area contributed by atoms with Crippen LogP contribution >= 0.6 is 0 Å². The summed E-state index contributed by atoms with van der Waals surface area (Å²) in [6.45, 7) is -2.89. The van der Waals surface area contributed by atoms with Gasteiger partial charge in [0, 0.05) is 22.9 Å². The largest absolute Gasteiger partial charge is 0.496 e. The number of aromatic nitrogens is 2. The second-order valence-corrected chi connectivity index (χ2v) is 7.89. The van der Waals surface area contributed by atoms with Crippen LogP contribution in [0.25, 0.3) is 11.1 Å². The lowest BCUT2D eigenvalue weighted by atomic mass is 9.89. The van der Waals surface area contributed by atoms with E-state index in [4.69, 9.17) is 15.6 Å². The molecule has 2 aromatic carbocycles. The van der Waals surface area contributed by atoms with Crippen molar-refractivity contribution in [2.75, 3.05) is 7.11 Å². The van der Waals surface area contributed by atoms with Crippen molar-refractivity contribution >= 4 is 15.9 Å². The number of ether oxygens (including phenoxy) is 1. The van der Waals surface area contributed by atoms with Crippen molar-refractivity contribution in [2.24, 2.45) is 10.9 Å². The minimum Gasteiger partial charge on any atom is -0.496 e. The number of amides is 1. The zero-order chi connectivity index (χ0) is 22.1. The minimum atomic E-state index is -4.28. The molecule has 1 unspecified atom stereocenters. The van der Waals surface area contributed by atoms with Gasteiger partial charge in [0.15, 0.2) is 0 Å². The van der Waals surface area contributed by atoms with Crippen LogP contribution < -0.4 is 15.6 Å². The molecule has 0 aliphatic carbocycles. The number of primary amides is 1. The van der Waals surface area contributed by atoms with E-state index in [1.807, 2.05) is 0 Å². The van der Waals surface area contributed by atoms with Gasteiger partial charge in [-0.05, 0) is 17.7 Å². The monoisotopic (exact) mass is 436 g/mol. The molecule has 158 valence electrons. The Morgan fingerprint density at radius 1 is 1.20 bits per heavy atom. The predicted octanol–water partition coefficient (Wildman–Crippen LogP) is 2.22. The van der Waals surface area contributed by atoms with Gasteiger partial charge in [-0.15, -0.1) is 0 Å². The van der Waals surface area contributed by atoms with Crippen molar-refractivity contribution in [1.82, 2.24) is 9.78 Å². The van der Waals surface area contributed by atoms with Crippen LogP contribution in [-0.4, -0.2) is 31.2 Å². The number of hydrogen-bond acceptors (Lipinski definition) is 5. The number of alkyl halides is 2. The lowest BCUT2D eigenvalue weighted by Crippen LogP contribution is -2.23. The van der Waals surface area contributed by atoms with Crippen molar-refractivity contribution in [2.45, 2.75) is 17.4 Å². The number of primary sulfonamides is 1. The van der Waals surface area contributed by atoms with E-state index in [1.165, 1.54) is 25.3 Å². The smallest absolute Gasteiger partial charge is 0.333 e.